The Kier molecular flexibility index (Phi) is 2.70. The second-order valence-corrected chi connectivity index (χ2v) is 4.25. The fourth-order valence-corrected chi connectivity index (χ4v) is 1.92. The number of rotatable bonds is 2. The number of halogens is 2. The molecule has 1 amide bonds. The average molecular weight is 302 g/mol. The molecule has 0 aromatic heterocycles. The number of amides is 1. The maximum absolute atomic E-state index is 13.3. The Morgan fingerprint density at radius 2 is 2.06 bits per heavy atom. The zero-order valence-electron chi connectivity index (χ0n) is 8.24. The predicted octanol–water partition coefficient (Wildman–Crippen LogP) is 1.20. The number of nitrogens with zero attached hydrogens (tertiary/aromatic N) is 1. The van der Waals surface area contributed by atoms with Crippen LogP contribution in [0.2, 0.25) is 0 Å². The number of carbonyl (C=O) groups is 3. The van der Waals surface area contributed by atoms with Gasteiger partial charge in [0.1, 0.15) is 12.4 Å². The van der Waals surface area contributed by atoms with Gasteiger partial charge in [-0.15, -0.1) is 0 Å². The third kappa shape index (κ3) is 1.82. The molecule has 0 fully saturated rings. The summed E-state index contributed by atoms with van der Waals surface area (Å²) in [5.74, 6) is -3.73. The van der Waals surface area contributed by atoms with Crippen LogP contribution in [0.4, 0.5) is 10.1 Å². The quantitative estimate of drug-likeness (QED) is 0.833. The zero-order chi connectivity index (χ0) is 12.7. The largest absolute Gasteiger partial charge is 0.480 e. The van der Waals surface area contributed by atoms with Gasteiger partial charge in [-0.2, -0.15) is 0 Å². The Morgan fingerprint density at radius 1 is 1.41 bits per heavy atom. The number of carboxylic acid groups (broad SMARTS) is 1. The summed E-state index contributed by atoms with van der Waals surface area (Å²) in [5.41, 5.74) is -0.00683. The van der Waals surface area contributed by atoms with Gasteiger partial charge >= 0.3 is 5.97 Å². The van der Waals surface area contributed by atoms with E-state index in [2.05, 4.69) is 15.9 Å². The molecule has 0 spiro atoms. The minimum atomic E-state index is -1.28. The summed E-state index contributed by atoms with van der Waals surface area (Å²) >= 11 is 2.89. The summed E-state index contributed by atoms with van der Waals surface area (Å²) in [4.78, 5) is 34.3. The Bertz CT molecular complexity index is 557. The third-order valence-corrected chi connectivity index (χ3v) is 2.91. The summed E-state index contributed by atoms with van der Waals surface area (Å²) in [6.45, 7) is -0.668. The van der Waals surface area contributed by atoms with Crippen molar-refractivity contribution >= 4 is 39.3 Å². The lowest BCUT2D eigenvalue weighted by Crippen LogP contribution is -2.34. The van der Waals surface area contributed by atoms with Crippen LogP contribution in [0, 0.1) is 5.82 Å². The molecule has 0 aliphatic carbocycles. The summed E-state index contributed by atoms with van der Waals surface area (Å²) in [6, 6.07) is 2.14. The number of ketones is 1. The highest BCUT2D eigenvalue weighted by Crippen LogP contribution is 2.32. The van der Waals surface area contributed by atoms with Gasteiger partial charge in [-0.05, 0) is 28.1 Å². The summed E-state index contributed by atoms with van der Waals surface area (Å²) in [6.07, 6.45) is 0. The number of benzene rings is 1. The monoisotopic (exact) mass is 301 g/mol. The van der Waals surface area contributed by atoms with Crippen LogP contribution in [0.15, 0.2) is 16.6 Å². The highest BCUT2D eigenvalue weighted by molar-refractivity contribution is 9.10. The molecule has 0 bridgehead atoms. The molecule has 0 saturated heterocycles. The first-order valence-corrected chi connectivity index (χ1v) is 5.28. The molecule has 0 atom stereocenters. The number of Topliss-reactive ketones (excluding diaryl/α,β-unsaturated/α-hetero) is 1. The maximum Gasteiger partial charge on any atom is 0.323 e. The van der Waals surface area contributed by atoms with E-state index in [9.17, 15) is 18.8 Å². The Balaban J connectivity index is 2.56. The lowest BCUT2D eigenvalue weighted by Gasteiger charge is -2.13. The van der Waals surface area contributed by atoms with Gasteiger partial charge in [0.15, 0.2) is 0 Å². The van der Waals surface area contributed by atoms with E-state index in [4.69, 9.17) is 5.11 Å². The molecule has 1 aliphatic heterocycles. The van der Waals surface area contributed by atoms with Crippen LogP contribution in [-0.4, -0.2) is 29.3 Å². The predicted molar refractivity (Wildman–Crippen MR) is 58.4 cm³/mol. The second kappa shape index (κ2) is 3.92. The SMILES string of the molecule is O=C(O)CN1C(=O)C(=O)c2cc(Br)c(F)cc21. The second-order valence-electron chi connectivity index (χ2n) is 3.40. The molecule has 0 saturated carbocycles. The molecule has 0 unspecified atom stereocenters. The molecule has 17 heavy (non-hydrogen) atoms. The van der Waals surface area contributed by atoms with Gasteiger partial charge in [0.25, 0.3) is 11.7 Å². The van der Waals surface area contributed by atoms with Gasteiger partial charge in [0.05, 0.1) is 15.7 Å². The van der Waals surface area contributed by atoms with E-state index in [0.29, 0.717) is 0 Å². The van der Waals surface area contributed by atoms with E-state index in [1.807, 2.05) is 0 Å². The highest BCUT2D eigenvalue weighted by atomic mass is 79.9. The molecule has 1 N–H and O–H groups in total. The summed E-state index contributed by atoms with van der Waals surface area (Å²) in [7, 11) is 0. The molecule has 2 rings (SSSR count). The molecular formula is C10H5BrFNO4. The van der Waals surface area contributed by atoms with Gasteiger partial charge < -0.3 is 5.11 Å². The van der Waals surface area contributed by atoms with Gasteiger partial charge in [0.2, 0.25) is 0 Å². The van der Waals surface area contributed by atoms with Crippen molar-refractivity contribution in [1.82, 2.24) is 0 Å². The number of hydrogen-bond acceptors (Lipinski definition) is 3. The van der Waals surface area contributed by atoms with E-state index in [-0.39, 0.29) is 15.7 Å². The minimum Gasteiger partial charge on any atom is -0.480 e. The van der Waals surface area contributed by atoms with Gasteiger partial charge in [0, 0.05) is 0 Å². The van der Waals surface area contributed by atoms with Crippen molar-refractivity contribution in [3.63, 3.8) is 0 Å². The highest BCUT2D eigenvalue weighted by Gasteiger charge is 2.37. The molecule has 7 heteroatoms. The lowest BCUT2D eigenvalue weighted by molar-refractivity contribution is -0.136. The van der Waals surface area contributed by atoms with E-state index in [0.717, 1.165) is 11.0 Å². The first-order chi connectivity index (χ1) is 7.91. The molecule has 1 aromatic carbocycles. The number of anilines is 1. The molecule has 5 nitrogen and oxygen atoms in total. The zero-order valence-corrected chi connectivity index (χ0v) is 9.82. The van der Waals surface area contributed by atoms with E-state index >= 15 is 0 Å². The fourth-order valence-electron chi connectivity index (χ4n) is 1.58. The van der Waals surface area contributed by atoms with Crippen molar-refractivity contribution < 1.29 is 23.9 Å². The fraction of sp³-hybridized carbons (Fsp3) is 0.100. The average Bonchev–Trinajstić information content (AvgIpc) is 2.45. The van der Waals surface area contributed by atoms with Crippen molar-refractivity contribution in [2.24, 2.45) is 0 Å². The molecule has 1 aromatic rings. The van der Waals surface area contributed by atoms with Crippen LogP contribution >= 0.6 is 15.9 Å². The minimum absolute atomic E-state index is 0.00419. The molecule has 1 heterocycles. The Labute approximate surface area is 103 Å². The number of fused-ring (bicyclic) bond motifs is 1. The van der Waals surface area contributed by atoms with Gasteiger partial charge in [-0.1, -0.05) is 0 Å². The summed E-state index contributed by atoms with van der Waals surface area (Å²) in [5, 5.41) is 8.62. The van der Waals surface area contributed by atoms with Crippen molar-refractivity contribution in [2.45, 2.75) is 0 Å². The first kappa shape index (κ1) is 11.7. The van der Waals surface area contributed by atoms with Crippen LogP contribution in [-0.2, 0) is 9.59 Å². The van der Waals surface area contributed by atoms with Crippen LogP contribution < -0.4 is 4.90 Å². The first-order valence-electron chi connectivity index (χ1n) is 4.49. The number of carbonyl (C=O) groups excluding carboxylic acids is 2. The number of hydrogen-bond donors (Lipinski definition) is 1. The maximum atomic E-state index is 13.3. The molecular weight excluding hydrogens is 297 g/mol. The van der Waals surface area contributed by atoms with Crippen LogP contribution in [0.3, 0.4) is 0 Å². The summed E-state index contributed by atoms with van der Waals surface area (Å²) < 4.78 is 13.3. The Hall–Kier alpha value is -1.76. The Morgan fingerprint density at radius 3 is 2.65 bits per heavy atom. The van der Waals surface area contributed by atoms with E-state index in [1.54, 1.807) is 0 Å². The van der Waals surface area contributed by atoms with Crippen LogP contribution in [0.1, 0.15) is 10.4 Å². The van der Waals surface area contributed by atoms with Crippen molar-refractivity contribution in [3.05, 3.63) is 28.0 Å². The number of aliphatic carboxylic acids is 1. The third-order valence-electron chi connectivity index (χ3n) is 2.31. The van der Waals surface area contributed by atoms with E-state index < -0.39 is 30.0 Å². The molecule has 1 aliphatic rings. The van der Waals surface area contributed by atoms with Crippen molar-refractivity contribution in [1.29, 1.82) is 0 Å². The standard InChI is InChI=1S/C10H5BrFNO4/c11-5-1-4-7(2-6(5)12)13(3-8(14)15)10(17)9(4)16/h1-2H,3H2,(H,14,15). The normalized spacial score (nSPS) is 14.1. The van der Waals surface area contributed by atoms with Gasteiger partial charge in [-0.25, -0.2) is 4.39 Å². The number of carboxylic acids is 1. The van der Waals surface area contributed by atoms with Crippen LogP contribution in [0.25, 0.3) is 0 Å². The van der Waals surface area contributed by atoms with Gasteiger partial charge in [-0.3, -0.25) is 19.3 Å². The smallest absolute Gasteiger partial charge is 0.323 e. The topological polar surface area (TPSA) is 74.7 Å². The van der Waals surface area contributed by atoms with Crippen LogP contribution in [0.5, 0.6) is 0 Å². The lowest BCUT2D eigenvalue weighted by atomic mass is 10.1. The van der Waals surface area contributed by atoms with Crippen molar-refractivity contribution in [2.75, 3.05) is 11.4 Å². The molecule has 0 radical (unpaired) electrons. The van der Waals surface area contributed by atoms with Crippen molar-refractivity contribution in [3.8, 4) is 0 Å². The molecule has 88 valence electrons. The van der Waals surface area contributed by atoms with E-state index in [1.165, 1.54) is 6.07 Å².